The highest BCUT2D eigenvalue weighted by molar-refractivity contribution is 9.09. The van der Waals surface area contributed by atoms with Crippen LogP contribution < -0.4 is 0 Å². The Labute approximate surface area is 122 Å². The van der Waals surface area contributed by atoms with Crippen molar-refractivity contribution in [3.63, 3.8) is 0 Å². The zero-order valence-corrected chi connectivity index (χ0v) is 13.7. The molecule has 0 radical (unpaired) electrons. The highest BCUT2D eigenvalue weighted by Gasteiger charge is 1.93. The van der Waals surface area contributed by atoms with Gasteiger partial charge in [0.05, 0.1) is 0 Å². The Bertz CT molecular complexity index is 126. The van der Waals surface area contributed by atoms with Crippen LogP contribution in [0.25, 0.3) is 0 Å². The van der Waals surface area contributed by atoms with Gasteiger partial charge in [-0.05, 0) is 19.8 Å². The Kier molecular flexibility index (Phi) is 17.8. The first-order valence-electron chi connectivity index (χ1n) is 7.63. The van der Waals surface area contributed by atoms with Crippen LogP contribution in [0.1, 0.15) is 71.1 Å². The SMILES string of the molecule is CCOCOCCCCCCCCCCCCBr. The summed E-state index contributed by atoms with van der Waals surface area (Å²) in [5.74, 6) is 0. The van der Waals surface area contributed by atoms with Gasteiger partial charge in [0, 0.05) is 18.5 Å². The molecule has 0 heterocycles. The first kappa shape index (κ1) is 18.4. The van der Waals surface area contributed by atoms with Crippen molar-refractivity contribution in [2.45, 2.75) is 71.1 Å². The second-order valence-corrected chi connectivity index (χ2v) is 5.54. The van der Waals surface area contributed by atoms with Crippen molar-refractivity contribution in [1.29, 1.82) is 0 Å². The van der Waals surface area contributed by atoms with Crippen molar-refractivity contribution >= 4 is 15.9 Å². The largest absolute Gasteiger partial charge is 0.356 e. The van der Waals surface area contributed by atoms with Gasteiger partial charge in [0.15, 0.2) is 0 Å². The van der Waals surface area contributed by atoms with Gasteiger partial charge >= 0.3 is 0 Å². The van der Waals surface area contributed by atoms with Gasteiger partial charge in [-0.15, -0.1) is 0 Å². The molecular weight excluding hydrogens is 292 g/mol. The minimum atomic E-state index is 0.463. The molecule has 3 heteroatoms. The molecular formula is C15H31BrO2. The quantitative estimate of drug-likeness (QED) is 0.231. The molecule has 0 aliphatic carbocycles. The van der Waals surface area contributed by atoms with E-state index >= 15 is 0 Å². The fourth-order valence-corrected chi connectivity index (χ4v) is 2.31. The summed E-state index contributed by atoms with van der Waals surface area (Å²) in [4.78, 5) is 0. The van der Waals surface area contributed by atoms with Gasteiger partial charge in [-0.1, -0.05) is 67.3 Å². The second kappa shape index (κ2) is 17.4. The molecule has 0 aliphatic heterocycles. The standard InChI is InChI=1S/C15H31BrO2/c1-2-17-15-18-14-12-10-8-6-4-3-5-7-9-11-13-16/h2-15H2,1H3. The lowest BCUT2D eigenvalue weighted by Gasteiger charge is -2.04. The minimum Gasteiger partial charge on any atom is -0.356 e. The van der Waals surface area contributed by atoms with Crippen LogP contribution in [0.3, 0.4) is 0 Å². The molecule has 0 atom stereocenters. The predicted octanol–water partition coefficient (Wildman–Crippen LogP) is 5.29. The van der Waals surface area contributed by atoms with E-state index < -0.39 is 0 Å². The smallest absolute Gasteiger partial charge is 0.146 e. The highest BCUT2D eigenvalue weighted by Crippen LogP contribution is 2.11. The predicted molar refractivity (Wildman–Crippen MR) is 82.4 cm³/mol. The van der Waals surface area contributed by atoms with Crippen LogP contribution in [0.15, 0.2) is 0 Å². The molecule has 0 bridgehead atoms. The molecule has 0 saturated heterocycles. The van der Waals surface area contributed by atoms with E-state index in [2.05, 4.69) is 15.9 Å². The van der Waals surface area contributed by atoms with Crippen LogP contribution in [-0.4, -0.2) is 25.3 Å². The van der Waals surface area contributed by atoms with E-state index in [4.69, 9.17) is 9.47 Å². The molecule has 0 aromatic carbocycles. The number of unbranched alkanes of at least 4 members (excludes halogenated alkanes) is 9. The van der Waals surface area contributed by atoms with Crippen LogP contribution in [0.2, 0.25) is 0 Å². The maximum absolute atomic E-state index is 5.33. The van der Waals surface area contributed by atoms with Crippen molar-refractivity contribution in [2.75, 3.05) is 25.3 Å². The van der Waals surface area contributed by atoms with Gasteiger partial charge < -0.3 is 9.47 Å². The van der Waals surface area contributed by atoms with Gasteiger partial charge in [-0.2, -0.15) is 0 Å². The molecule has 110 valence electrons. The second-order valence-electron chi connectivity index (χ2n) is 4.74. The molecule has 2 nitrogen and oxygen atoms in total. The van der Waals surface area contributed by atoms with E-state index in [0.717, 1.165) is 13.2 Å². The lowest BCUT2D eigenvalue weighted by molar-refractivity contribution is -0.0502. The number of rotatable bonds is 15. The van der Waals surface area contributed by atoms with Crippen LogP contribution in [0.5, 0.6) is 0 Å². The van der Waals surface area contributed by atoms with Crippen LogP contribution in [0, 0.1) is 0 Å². The zero-order valence-electron chi connectivity index (χ0n) is 12.1. The summed E-state index contributed by atoms with van der Waals surface area (Å²) in [5.41, 5.74) is 0. The van der Waals surface area contributed by atoms with Crippen molar-refractivity contribution in [2.24, 2.45) is 0 Å². The minimum absolute atomic E-state index is 0.463. The molecule has 0 unspecified atom stereocenters. The molecule has 18 heavy (non-hydrogen) atoms. The Morgan fingerprint density at radius 1 is 0.667 bits per heavy atom. The van der Waals surface area contributed by atoms with Gasteiger partial charge in [0.25, 0.3) is 0 Å². The Hall–Kier alpha value is 0.400. The van der Waals surface area contributed by atoms with Gasteiger partial charge in [0.1, 0.15) is 6.79 Å². The summed E-state index contributed by atoms with van der Waals surface area (Å²) in [7, 11) is 0. The topological polar surface area (TPSA) is 18.5 Å². The number of alkyl halides is 1. The maximum Gasteiger partial charge on any atom is 0.146 e. The number of halogens is 1. The third-order valence-electron chi connectivity index (χ3n) is 3.04. The molecule has 0 N–H and O–H groups in total. The van der Waals surface area contributed by atoms with Crippen LogP contribution in [-0.2, 0) is 9.47 Å². The van der Waals surface area contributed by atoms with Crippen molar-refractivity contribution < 1.29 is 9.47 Å². The summed E-state index contributed by atoms with van der Waals surface area (Å²) in [6, 6.07) is 0. The van der Waals surface area contributed by atoms with Crippen molar-refractivity contribution in [1.82, 2.24) is 0 Å². The van der Waals surface area contributed by atoms with Crippen LogP contribution >= 0.6 is 15.9 Å². The molecule has 0 saturated carbocycles. The first-order valence-corrected chi connectivity index (χ1v) is 8.75. The number of hydrogen-bond donors (Lipinski definition) is 0. The zero-order chi connectivity index (χ0) is 13.3. The molecule has 0 fully saturated rings. The Morgan fingerprint density at radius 2 is 1.17 bits per heavy atom. The van der Waals surface area contributed by atoms with Crippen molar-refractivity contribution in [3.05, 3.63) is 0 Å². The summed E-state index contributed by atoms with van der Waals surface area (Å²) >= 11 is 3.47. The molecule has 0 amide bonds. The molecule has 0 rings (SSSR count). The lowest BCUT2D eigenvalue weighted by atomic mass is 10.1. The molecule has 0 spiro atoms. The van der Waals surface area contributed by atoms with E-state index in [1.807, 2.05) is 6.92 Å². The molecule has 0 aliphatic rings. The van der Waals surface area contributed by atoms with E-state index in [1.165, 1.54) is 69.5 Å². The van der Waals surface area contributed by atoms with Gasteiger partial charge in [-0.3, -0.25) is 0 Å². The average Bonchev–Trinajstić information content (AvgIpc) is 2.39. The van der Waals surface area contributed by atoms with E-state index in [9.17, 15) is 0 Å². The normalized spacial score (nSPS) is 11.0. The Balaban J connectivity index is 2.86. The number of hydrogen-bond acceptors (Lipinski definition) is 2. The summed E-state index contributed by atoms with van der Waals surface area (Å²) < 4.78 is 10.4. The van der Waals surface area contributed by atoms with Gasteiger partial charge in [-0.25, -0.2) is 0 Å². The van der Waals surface area contributed by atoms with E-state index in [0.29, 0.717) is 6.79 Å². The highest BCUT2D eigenvalue weighted by atomic mass is 79.9. The summed E-state index contributed by atoms with van der Waals surface area (Å²) in [6.45, 7) is 4.05. The van der Waals surface area contributed by atoms with Crippen molar-refractivity contribution in [3.8, 4) is 0 Å². The molecule has 0 aromatic rings. The summed E-state index contributed by atoms with van der Waals surface area (Å²) in [6.07, 6.45) is 13.6. The fraction of sp³-hybridized carbons (Fsp3) is 1.00. The molecule has 0 aromatic heterocycles. The third-order valence-corrected chi connectivity index (χ3v) is 3.60. The lowest BCUT2D eigenvalue weighted by Crippen LogP contribution is -2.00. The Morgan fingerprint density at radius 3 is 1.67 bits per heavy atom. The van der Waals surface area contributed by atoms with E-state index in [-0.39, 0.29) is 0 Å². The fourth-order valence-electron chi connectivity index (χ4n) is 1.91. The first-order chi connectivity index (χ1) is 8.91. The van der Waals surface area contributed by atoms with E-state index in [1.54, 1.807) is 0 Å². The maximum atomic E-state index is 5.33. The monoisotopic (exact) mass is 322 g/mol. The van der Waals surface area contributed by atoms with Gasteiger partial charge in [0.2, 0.25) is 0 Å². The van der Waals surface area contributed by atoms with Crippen LogP contribution in [0.4, 0.5) is 0 Å². The summed E-state index contributed by atoms with van der Waals surface area (Å²) in [5, 5.41) is 1.17. The third kappa shape index (κ3) is 16.4. The number of ether oxygens (including phenoxy) is 2. The average molecular weight is 323 g/mol.